The predicted molar refractivity (Wildman–Crippen MR) is 69.7 cm³/mol. The Labute approximate surface area is 107 Å². The van der Waals surface area contributed by atoms with Gasteiger partial charge in [-0.05, 0) is 17.0 Å². The molecule has 0 spiro atoms. The van der Waals surface area contributed by atoms with Crippen molar-refractivity contribution in [2.45, 2.75) is 26.2 Å². The summed E-state index contributed by atoms with van der Waals surface area (Å²) < 4.78 is 0. The quantitative estimate of drug-likeness (QED) is 0.892. The van der Waals surface area contributed by atoms with E-state index in [2.05, 4.69) is 0 Å². The molecule has 0 aliphatic carbocycles. The van der Waals surface area contributed by atoms with Crippen LogP contribution in [-0.2, 0) is 10.2 Å². The van der Waals surface area contributed by atoms with Gasteiger partial charge in [0.05, 0.1) is 0 Å². The summed E-state index contributed by atoms with van der Waals surface area (Å²) in [5.74, 6) is -1.28. The molecule has 0 atom stereocenters. The van der Waals surface area contributed by atoms with Gasteiger partial charge in [-0.2, -0.15) is 0 Å². The number of carbonyl (C=O) groups excluding carboxylic acids is 1. The van der Waals surface area contributed by atoms with Crippen LogP contribution in [0.15, 0.2) is 24.3 Å². The SMILES string of the molecule is CN(CC(=O)O)C(=O)c1ccccc1C(C)(C)C. The van der Waals surface area contributed by atoms with Crippen molar-refractivity contribution in [3.63, 3.8) is 0 Å². The first-order chi connectivity index (χ1) is 8.23. The highest BCUT2D eigenvalue weighted by molar-refractivity contribution is 5.97. The highest BCUT2D eigenvalue weighted by Crippen LogP contribution is 2.26. The summed E-state index contributed by atoms with van der Waals surface area (Å²) in [6.07, 6.45) is 0. The van der Waals surface area contributed by atoms with Crippen LogP contribution in [-0.4, -0.2) is 35.5 Å². The molecule has 1 aromatic rings. The normalized spacial score (nSPS) is 11.1. The number of carboxylic acid groups (broad SMARTS) is 1. The number of carbonyl (C=O) groups is 2. The van der Waals surface area contributed by atoms with E-state index in [1.54, 1.807) is 12.1 Å². The van der Waals surface area contributed by atoms with E-state index in [-0.39, 0.29) is 17.9 Å². The highest BCUT2D eigenvalue weighted by Gasteiger charge is 2.23. The Morgan fingerprint density at radius 2 is 1.78 bits per heavy atom. The lowest BCUT2D eigenvalue weighted by atomic mass is 9.83. The number of nitrogens with zero attached hydrogens (tertiary/aromatic N) is 1. The maximum absolute atomic E-state index is 12.2. The van der Waals surface area contributed by atoms with Crippen LogP contribution in [0.3, 0.4) is 0 Å². The van der Waals surface area contributed by atoms with E-state index < -0.39 is 5.97 Å². The fourth-order valence-electron chi connectivity index (χ4n) is 1.80. The molecule has 0 aliphatic rings. The zero-order valence-corrected chi connectivity index (χ0v) is 11.2. The van der Waals surface area contributed by atoms with Gasteiger partial charge in [-0.3, -0.25) is 9.59 Å². The lowest BCUT2D eigenvalue weighted by Gasteiger charge is -2.24. The van der Waals surface area contributed by atoms with Crippen LogP contribution in [0, 0.1) is 0 Å². The van der Waals surface area contributed by atoms with E-state index in [4.69, 9.17) is 5.11 Å². The molecule has 1 rings (SSSR count). The molecule has 0 fully saturated rings. The van der Waals surface area contributed by atoms with Crippen molar-refractivity contribution >= 4 is 11.9 Å². The first-order valence-electron chi connectivity index (χ1n) is 5.80. The van der Waals surface area contributed by atoms with Crippen molar-refractivity contribution < 1.29 is 14.7 Å². The van der Waals surface area contributed by atoms with Crippen molar-refractivity contribution in [2.75, 3.05) is 13.6 Å². The van der Waals surface area contributed by atoms with Gasteiger partial charge < -0.3 is 10.0 Å². The van der Waals surface area contributed by atoms with E-state index in [0.717, 1.165) is 5.56 Å². The minimum Gasteiger partial charge on any atom is -0.480 e. The van der Waals surface area contributed by atoms with Crippen molar-refractivity contribution in [3.05, 3.63) is 35.4 Å². The number of carboxylic acids is 1. The molecule has 0 bridgehead atoms. The third-order valence-electron chi connectivity index (χ3n) is 2.68. The van der Waals surface area contributed by atoms with Gasteiger partial charge in [0.15, 0.2) is 0 Å². The molecule has 0 aliphatic heterocycles. The van der Waals surface area contributed by atoms with Crippen LogP contribution in [0.4, 0.5) is 0 Å². The lowest BCUT2D eigenvalue weighted by molar-refractivity contribution is -0.137. The molecule has 1 aromatic carbocycles. The number of aliphatic carboxylic acids is 1. The molecule has 1 N–H and O–H groups in total. The van der Waals surface area contributed by atoms with Gasteiger partial charge in [-0.15, -0.1) is 0 Å². The van der Waals surface area contributed by atoms with Crippen LogP contribution >= 0.6 is 0 Å². The topological polar surface area (TPSA) is 57.6 Å². The minimum atomic E-state index is -1.01. The smallest absolute Gasteiger partial charge is 0.323 e. The van der Waals surface area contributed by atoms with E-state index in [1.165, 1.54) is 11.9 Å². The molecule has 0 aromatic heterocycles. The van der Waals surface area contributed by atoms with Gasteiger partial charge >= 0.3 is 5.97 Å². The molecule has 0 radical (unpaired) electrons. The highest BCUT2D eigenvalue weighted by atomic mass is 16.4. The third kappa shape index (κ3) is 3.32. The van der Waals surface area contributed by atoms with Gasteiger partial charge in [0, 0.05) is 12.6 Å². The van der Waals surface area contributed by atoms with Gasteiger partial charge in [-0.1, -0.05) is 39.0 Å². The number of rotatable bonds is 3. The molecule has 4 heteroatoms. The largest absolute Gasteiger partial charge is 0.480 e. The molecule has 98 valence electrons. The van der Waals surface area contributed by atoms with Crippen LogP contribution in [0.5, 0.6) is 0 Å². The van der Waals surface area contributed by atoms with E-state index >= 15 is 0 Å². The Morgan fingerprint density at radius 1 is 1.22 bits per heavy atom. The number of hydrogen-bond acceptors (Lipinski definition) is 2. The molecule has 18 heavy (non-hydrogen) atoms. The third-order valence-corrected chi connectivity index (χ3v) is 2.68. The van der Waals surface area contributed by atoms with Crippen LogP contribution in [0.1, 0.15) is 36.7 Å². The minimum absolute atomic E-state index is 0.156. The van der Waals surface area contributed by atoms with E-state index in [9.17, 15) is 9.59 Å². The second-order valence-corrected chi connectivity index (χ2v) is 5.35. The number of benzene rings is 1. The molecular formula is C14H19NO3. The molecule has 1 amide bonds. The van der Waals surface area contributed by atoms with Crippen LogP contribution < -0.4 is 0 Å². The van der Waals surface area contributed by atoms with Gasteiger partial charge in [0.1, 0.15) is 6.54 Å². The molecule has 0 saturated heterocycles. The summed E-state index contributed by atoms with van der Waals surface area (Å²) in [6, 6.07) is 7.31. The summed E-state index contributed by atoms with van der Waals surface area (Å²) in [6.45, 7) is 5.78. The standard InChI is InChI=1S/C14H19NO3/c1-14(2,3)11-8-6-5-7-10(11)13(18)15(4)9-12(16)17/h5-8H,9H2,1-4H3,(H,16,17). The Balaban J connectivity index is 3.10. The zero-order chi connectivity index (χ0) is 13.9. The second kappa shape index (κ2) is 5.21. The number of hydrogen-bond donors (Lipinski definition) is 1. The lowest BCUT2D eigenvalue weighted by Crippen LogP contribution is -2.33. The van der Waals surface area contributed by atoms with Crippen molar-refractivity contribution in [2.24, 2.45) is 0 Å². The summed E-state index contributed by atoms with van der Waals surface area (Å²) in [5.41, 5.74) is 1.33. The summed E-state index contributed by atoms with van der Waals surface area (Å²) >= 11 is 0. The molecular weight excluding hydrogens is 230 g/mol. The Hall–Kier alpha value is -1.84. The van der Waals surface area contributed by atoms with Crippen LogP contribution in [0.2, 0.25) is 0 Å². The zero-order valence-electron chi connectivity index (χ0n) is 11.2. The van der Waals surface area contributed by atoms with E-state index in [1.807, 2.05) is 32.9 Å². The maximum atomic E-state index is 12.2. The summed E-state index contributed by atoms with van der Waals surface area (Å²) in [7, 11) is 1.50. The fraction of sp³-hybridized carbons (Fsp3) is 0.429. The van der Waals surface area contributed by atoms with Gasteiger partial charge in [-0.25, -0.2) is 0 Å². The first-order valence-corrected chi connectivity index (χ1v) is 5.80. The number of likely N-dealkylation sites (N-methyl/N-ethyl adjacent to an activating group) is 1. The molecule has 0 unspecified atom stereocenters. The Bertz CT molecular complexity index is 460. The van der Waals surface area contributed by atoms with Gasteiger partial charge in [0.25, 0.3) is 5.91 Å². The predicted octanol–water partition coefficient (Wildman–Crippen LogP) is 2.14. The molecule has 0 saturated carbocycles. The fourth-order valence-corrected chi connectivity index (χ4v) is 1.80. The average Bonchev–Trinajstić information content (AvgIpc) is 2.26. The monoisotopic (exact) mass is 249 g/mol. The number of amides is 1. The van der Waals surface area contributed by atoms with Gasteiger partial charge in [0.2, 0.25) is 0 Å². The van der Waals surface area contributed by atoms with Crippen molar-refractivity contribution in [1.29, 1.82) is 0 Å². The maximum Gasteiger partial charge on any atom is 0.323 e. The molecule has 0 heterocycles. The second-order valence-electron chi connectivity index (χ2n) is 5.35. The summed E-state index contributed by atoms with van der Waals surface area (Å²) in [5, 5.41) is 8.71. The molecule has 4 nitrogen and oxygen atoms in total. The Kier molecular flexibility index (Phi) is 4.11. The van der Waals surface area contributed by atoms with Crippen molar-refractivity contribution in [1.82, 2.24) is 4.90 Å². The van der Waals surface area contributed by atoms with E-state index in [0.29, 0.717) is 5.56 Å². The first kappa shape index (κ1) is 14.2. The van der Waals surface area contributed by atoms with Crippen LogP contribution in [0.25, 0.3) is 0 Å². The van der Waals surface area contributed by atoms with Crippen molar-refractivity contribution in [3.8, 4) is 0 Å². The average molecular weight is 249 g/mol. The summed E-state index contributed by atoms with van der Waals surface area (Å²) in [4.78, 5) is 24.1. The Morgan fingerprint density at radius 3 is 2.28 bits per heavy atom.